The molecular weight excluding hydrogens is 295 g/mol. The van der Waals surface area contributed by atoms with E-state index in [4.69, 9.17) is 0 Å². The molecule has 7 heteroatoms. The van der Waals surface area contributed by atoms with Crippen LogP contribution in [0.3, 0.4) is 0 Å². The van der Waals surface area contributed by atoms with Crippen molar-refractivity contribution >= 4 is 16.1 Å². The minimum atomic E-state index is -3.14. The third-order valence-corrected chi connectivity index (χ3v) is 3.91. The number of benzene rings is 1. The summed E-state index contributed by atoms with van der Waals surface area (Å²) in [5.74, 6) is -0.569. The van der Waals surface area contributed by atoms with Gasteiger partial charge in [-0.3, -0.25) is 9.48 Å². The topological polar surface area (TPSA) is 69.0 Å². The number of rotatable bonds is 5. The number of carbonyl (C=O) groups is 1. The van der Waals surface area contributed by atoms with Crippen LogP contribution in [0.2, 0.25) is 0 Å². The summed E-state index contributed by atoms with van der Waals surface area (Å²) >= 11 is 0. The first-order valence-corrected chi connectivity index (χ1v) is 8.33. The van der Waals surface area contributed by atoms with Crippen LogP contribution in [0, 0.1) is 12.7 Å². The van der Waals surface area contributed by atoms with Gasteiger partial charge in [-0.1, -0.05) is 11.6 Å². The normalized spacial score (nSPS) is 11.6. The van der Waals surface area contributed by atoms with Crippen LogP contribution in [0.1, 0.15) is 15.9 Å². The second-order valence-electron chi connectivity index (χ2n) is 4.93. The second-order valence-corrected chi connectivity index (χ2v) is 7.19. The SMILES string of the molecule is Cc1ccc(F)c(-c2nn(CCS(C)(=O)=O)cc2C=O)c1. The van der Waals surface area contributed by atoms with Gasteiger partial charge >= 0.3 is 0 Å². The van der Waals surface area contributed by atoms with Gasteiger partial charge in [0.05, 0.1) is 17.9 Å². The molecule has 5 nitrogen and oxygen atoms in total. The standard InChI is InChI=1S/C14H15FN2O3S/c1-10-3-4-13(15)12(7-10)14-11(9-18)8-17(16-14)5-6-21(2,19)20/h3-4,7-9H,5-6H2,1-2H3. The molecule has 0 atom stereocenters. The number of nitrogens with zero attached hydrogens (tertiary/aromatic N) is 2. The van der Waals surface area contributed by atoms with E-state index in [1.54, 1.807) is 12.1 Å². The summed E-state index contributed by atoms with van der Waals surface area (Å²) < 4.78 is 37.6. The Morgan fingerprint density at radius 1 is 1.38 bits per heavy atom. The van der Waals surface area contributed by atoms with Crippen LogP contribution >= 0.6 is 0 Å². The zero-order valence-corrected chi connectivity index (χ0v) is 12.5. The van der Waals surface area contributed by atoms with E-state index in [-0.39, 0.29) is 29.1 Å². The number of hydrogen-bond donors (Lipinski definition) is 0. The first kappa shape index (κ1) is 15.4. The minimum Gasteiger partial charge on any atom is -0.298 e. The number of aryl methyl sites for hydroxylation is 2. The summed E-state index contributed by atoms with van der Waals surface area (Å²) in [6, 6.07) is 4.54. The van der Waals surface area contributed by atoms with Crippen LogP contribution in [0.4, 0.5) is 4.39 Å². The fraction of sp³-hybridized carbons (Fsp3) is 0.286. The van der Waals surface area contributed by atoms with E-state index in [9.17, 15) is 17.6 Å². The van der Waals surface area contributed by atoms with Crippen molar-refractivity contribution in [3.8, 4) is 11.3 Å². The van der Waals surface area contributed by atoms with Gasteiger partial charge < -0.3 is 0 Å². The quantitative estimate of drug-likeness (QED) is 0.790. The third kappa shape index (κ3) is 3.75. The number of sulfone groups is 1. The molecule has 0 N–H and O–H groups in total. The predicted octanol–water partition coefficient (Wildman–Crippen LogP) is 1.85. The van der Waals surface area contributed by atoms with Crippen LogP contribution in [0.5, 0.6) is 0 Å². The van der Waals surface area contributed by atoms with Gasteiger partial charge in [-0.2, -0.15) is 5.10 Å². The lowest BCUT2D eigenvalue weighted by Crippen LogP contribution is -2.11. The Labute approximate surface area is 122 Å². The maximum absolute atomic E-state index is 13.9. The van der Waals surface area contributed by atoms with Crippen LogP contribution in [0.15, 0.2) is 24.4 Å². The highest BCUT2D eigenvalue weighted by molar-refractivity contribution is 7.90. The van der Waals surface area contributed by atoms with Gasteiger partial charge in [-0.15, -0.1) is 0 Å². The molecule has 0 aliphatic carbocycles. The summed E-state index contributed by atoms with van der Waals surface area (Å²) in [5, 5.41) is 4.14. The molecule has 0 unspecified atom stereocenters. The van der Waals surface area contributed by atoms with Gasteiger partial charge in [0.1, 0.15) is 21.3 Å². The minimum absolute atomic E-state index is 0.0945. The average molecular weight is 310 g/mol. The van der Waals surface area contributed by atoms with Gasteiger partial charge in [0, 0.05) is 18.0 Å². The number of carbonyl (C=O) groups excluding carboxylic acids is 1. The Kier molecular flexibility index (Phi) is 4.22. The number of hydrogen-bond acceptors (Lipinski definition) is 4. The van der Waals surface area contributed by atoms with Crippen molar-refractivity contribution in [2.75, 3.05) is 12.0 Å². The van der Waals surface area contributed by atoms with Crippen LogP contribution in [-0.2, 0) is 16.4 Å². The van der Waals surface area contributed by atoms with Gasteiger partial charge in [0.2, 0.25) is 0 Å². The van der Waals surface area contributed by atoms with Gasteiger partial charge in [-0.05, 0) is 19.1 Å². The monoisotopic (exact) mass is 310 g/mol. The Morgan fingerprint density at radius 3 is 2.71 bits per heavy atom. The van der Waals surface area contributed by atoms with E-state index in [1.807, 2.05) is 6.92 Å². The second kappa shape index (κ2) is 5.77. The van der Waals surface area contributed by atoms with Crippen LogP contribution < -0.4 is 0 Å². The van der Waals surface area contributed by atoms with Crippen molar-refractivity contribution in [3.05, 3.63) is 41.3 Å². The molecule has 0 fully saturated rings. The molecule has 0 spiro atoms. The smallest absolute Gasteiger partial charge is 0.153 e. The van der Waals surface area contributed by atoms with Gasteiger partial charge in [0.15, 0.2) is 6.29 Å². The molecule has 112 valence electrons. The first-order chi connectivity index (χ1) is 9.80. The lowest BCUT2D eigenvalue weighted by molar-refractivity contribution is 0.112. The predicted molar refractivity (Wildman–Crippen MR) is 77.5 cm³/mol. The lowest BCUT2D eigenvalue weighted by Gasteiger charge is -2.03. The van der Waals surface area contributed by atoms with Crippen molar-refractivity contribution in [2.45, 2.75) is 13.5 Å². The van der Waals surface area contributed by atoms with E-state index in [0.717, 1.165) is 11.8 Å². The number of aromatic nitrogens is 2. The molecule has 0 saturated carbocycles. The largest absolute Gasteiger partial charge is 0.298 e. The molecule has 0 aliphatic heterocycles. The highest BCUT2D eigenvalue weighted by Crippen LogP contribution is 2.25. The third-order valence-electron chi connectivity index (χ3n) is 2.99. The fourth-order valence-corrected chi connectivity index (χ4v) is 2.45. The van der Waals surface area contributed by atoms with E-state index >= 15 is 0 Å². The fourth-order valence-electron chi connectivity index (χ4n) is 1.93. The summed E-state index contributed by atoms with van der Waals surface area (Å²) in [6.45, 7) is 1.93. The first-order valence-electron chi connectivity index (χ1n) is 6.27. The van der Waals surface area contributed by atoms with Crippen LogP contribution in [-0.4, -0.2) is 36.5 Å². The average Bonchev–Trinajstić information content (AvgIpc) is 2.81. The molecular formula is C14H15FN2O3S. The van der Waals surface area contributed by atoms with Crippen molar-refractivity contribution in [2.24, 2.45) is 0 Å². The molecule has 1 heterocycles. The summed E-state index contributed by atoms with van der Waals surface area (Å²) in [5.41, 5.74) is 1.52. The van der Waals surface area contributed by atoms with E-state index < -0.39 is 15.7 Å². The van der Waals surface area contributed by atoms with Crippen molar-refractivity contribution in [1.29, 1.82) is 0 Å². The Hall–Kier alpha value is -2.02. The maximum Gasteiger partial charge on any atom is 0.153 e. The number of halogens is 1. The summed E-state index contributed by atoms with van der Waals surface area (Å²) in [7, 11) is -3.14. The van der Waals surface area contributed by atoms with Gasteiger partial charge in [-0.25, -0.2) is 12.8 Å². The Balaban J connectivity index is 2.42. The van der Waals surface area contributed by atoms with E-state index in [0.29, 0.717) is 6.29 Å². The molecule has 0 bridgehead atoms. The number of aldehydes is 1. The zero-order chi connectivity index (χ0) is 15.6. The maximum atomic E-state index is 13.9. The molecule has 0 amide bonds. The molecule has 21 heavy (non-hydrogen) atoms. The van der Waals surface area contributed by atoms with Crippen molar-refractivity contribution in [3.63, 3.8) is 0 Å². The molecule has 0 saturated heterocycles. The highest BCUT2D eigenvalue weighted by atomic mass is 32.2. The Bertz CT molecular complexity index is 782. The molecule has 2 aromatic rings. The molecule has 1 aromatic carbocycles. The van der Waals surface area contributed by atoms with E-state index in [1.165, 1.54) is 16.9 Å². The lowest BCUT2D eigenvalue weighted by atomic mass is 10.1. The molecule has 0 radical (unpaired) electrons. The summed E-state index contributed by atoms with van der Waals surface area (Å²) in [4.78, 5) is 11.1. The van der Waals surface area contributed by atoms with Crippen molar-refractivity contribution in [1.82, 2.24) is 9.78 Å². The van der Waals surface area contributed by atoms with Crippen LogP contribution in [0.25, 0.3) is 11.3 Å². The molecule has 0 aliphatic rings. The molecule has 1 aromatic heterocycles. The Morgan fingerprint density at radius 2 is 2.10 bits per heavy atom. The summed E-state index contributed by atoms with van der Waals surface area (Å²) in [6.07, 6.45) is 3.13. The molecule has 2 rings (SSSR count). The zero-order valence-electron chi connectivity index (χ0n) is 11.7. The highest BCUT2D eigenvalue weighted by Gasteiger charge is 2.15. The van der Waals surface area contributed by atoms with Gasteiger partial charge in [0.25, 0.3) is 0 Å². The van der Waals surface area contributed by atoms with Crippen molar-refractivity contribution < 1.29 is 17.6 Å². The van der Waals surface area contributed by atoms with E-state index in [2.05, 4.69) is 5.10 Å².